The molecule has 1 rings (SSSR count). The van der Waals surface area contributed by atoms with E-state index in [-0.39, 0.29) is 16.2 Å². The minimum absolute atomic E-state index is 0.205. The van der Waals surface area contributed by atoms with Crippen LogP contribution in [0.1, 0.15) is 80.6 Å². The van der Waals surface area contributed by atoms with E-state index in [1.165, 1.54) is 12.8 Å². The predicted octanol–water partition coefficient (Wildman–Crippen LogP) is 5.57. The highest BCUT2D eigenvalue weighted by Gasteiger charge is 2.52. The van der Waals surface area contributed by atoms with Crippen molar-refractivity contribution >= 4 is 0 Å². The Morgan fingerprint density at radius 2 is 1.65 bits per heavy atom. The Kier molecular flexibility index (Phi) is 6.10. The highest BCUT2D eigenvalue weighted by atomic mass is 16.7. The van der Waals surface area contributed by atoms with Crippen molar-refractivity contribution in [2.24, 2.45) is 16.2 Å². The Balaban J connectivity index is 2.57. The number of unbranched alkanes of at least 4 members (excludes halogenated alkanes) is 2. The molecule has 0 spiro atoms. The van der Waals surface area contributed by atoms with Crippen LogP contribution in [0.3, 0.4) is 0 Å². The third kappa shape index (κ3) is 3.98. The smallest absolute Gasteiger partial charge is 0.223 e. The van der Waals surface area contributed by atoms with Gasteiger partial charge in [0.1, 0.15) is 0 Å². The maximum Gasteiger partial charge on any atom is 0.223 e. The lowest BCUT2D eigenvalue weighted by atomic mass is 9.52. The fourth-order valence-electron chi connectivity index (χ4n) is 3.62. The van der Waals surface area contributed by atoms with Crippen LogP contribution in [0, 0.1) is 22.5 Å². The average Bonchev–Trinajstić information content (AvgIpc) is 2.32. The molecule has 0 bridgehead atoms. The molecule has 1 radical (unpaired) electrons. The van der Waals surface area contributed by atoms with Gasteiger partial charge in [-0.3, -0.25) is 0 Å². The van der Waals surface area contributed by atoms with Gasteiger partial charge in [-0.05, 0) is 23.7 Å². The van der Waals surface area contributed by atoms with Crippen molar-refractivity contribution in [3.63, 3.8) is 0 Å². The molecular formula is C18H35O2. The van der Waals surface area contributed by atoms with Crippen LogP contribution in [0.4, 0.5) is 0 Å². The number of hydrogen-bond donors (Lipinski definition) is 0. The largest absolute Gasteiger partial charge is 0.345 e. The first-order chi connectivity index (χ1) is 9.14. The van der Waals surface area contributed by atoms with E-state index >= 15 is 0 Å². The van der Waals surface area contributed by atoms with Crippen molar-refractivity contribution < 1.29 is 9.47 Å². The van der Waals surface area contributed by atoms with Crippen molar-refractivity contribution in [2.45, 2.75) is 80.6 Å². The van der Waals surface area contributed by atoms with Gasteiger partial charge in [0.2, 0.25) is 6.29 Å². The molecule has 1 saturated heterocycles. The molecule has 0 atom stereocenters. The van der Waals surface area contributed by atoms with E-state index in [1.807, 2.05) is 0 Å². The lowest BCUT2D eigenvalue weighted by Gasteiger charge is -2.56. The second-order valence-corrected chi connectivity index (χ2v) is 8.30. The zero-order chi connectivity index (χ0) is 15.4. The zero-order valence-corrected chi connectivity index (χ0v) is 14.8. The summed E-state index contributed by atoms with van der Waals surface area (Å²) >= 11 is 0. The molecule has 2 nitrogen and oxygen atoms in total. The van der Waals surface area contributed by atoms with Crippen LogP contribution in [-0.2, 0) is 9.47 Å². The fourth-order valence-corrected chi connectivity index (χ4v) is 3.62. The summed E-state index contributed by atoms with van der Waals surface area (Å²) in [5, 5.41) is 0. The standard InChI is InChI=1S/C18H35O2/c1-8-9-10-13-19-15-11-12-18(14-20-15,16(2,3)4)17(5,6)7/h8-14H2,1-7H3. The van der Waals surface area contributed by atoms with E-state index in [9.17, 15) is 0 Å². The molecule has 1 fully saturated rings. The minimum atomic E-state index is 0.205. The van der Waals surface area contributed by atoms with Crippen molar-refractivity contribution in [1.29, 1.82) is 0 Å². The van der Waals surface area contributed by atoms with Crippen LogP contribution in [0.15, 0.2) is 0 Å². The van der Waals surface area contributed by atoms with Crippen LogP contribution >= 0.6 is 0 Å². The Morgan fingerprint density at radius 1 is 1.05 bits per heavy atom. The molecule has 2 heteroatoms. The quantitative estimate of drug-likeness (QED) is 0.614. The van der Waals surface area contributed by atoms with Gasteiger partial charge in [0.15, 0.2) is 0 Å². The SMILES string of the molecule is CCCCCO[C]1CCC(C(C)(C)C)(C(C)(C)C)CO1. The average molecular weight is 283 g/mol. The summed E-state index contributed by atoms with van der Waals surface area (Å²) in [7, 11) is 0. The van der Waals surface area contributed by atoms with Crippen LogP contribution in [-0.4, -0.2) is 13.2 Å². The van der Waals surface area contributed by atoms with Gasteiger partial charge >= 0.3 is 0 Å². The third-order valence-corrected chi connectivity index (χ3v) is 5.12. The summed E-state index contributed by atoms with van der Waals surface area (Å²) in [4.78, 5) is 0. The Bertz CT molecular complexity index is 259. The number of hydrogen-bond acceptors (Lipinski definition) is 2. The first-order valence-corrected chi connectivity index (χ1v) is 8.25. The highest BCUT2D eigenvalue weighted by molar-refractivity contribution is 5.02. The van der Waals surface area contributed by atoms with Crippen LogP contribution in [0.2, 0.25) is 0 Å². The van der Waals surface area contributed by atoms with Crippen LogP contribution in [0.25, 0.3) is 0 Å². The van der Waals surface area contributed by atoms with Gasteiger partial charge in [0.25, 0.3) is 0 Å². The predicted molar refractivity (Wildman–Crippen MR) is 85.2 cm³/mol. The van der Waals surface area contributed by atoms with E-state index < -0.39 is 0 Å². The van der Waals surface area contributed by atoms with E-state index in [1.54, 1.807) is 0 Å². The molecule has 1 aliphatic heterocycles. The Morgan fingerprint density at radius 3 is 2.05 bits per heavy atom. The molecule has 0 amide bonds. The fraction of sp³-hybridized carbons (Fsp3) is 0.944. The lowest BCUT2D eigenvalue weighted by Crippen LogP contribution is -2.52. The molecular weight excluding hydrogens is 248 g/mol. The summed E-state index contributed by atoms with van der Waals surface area (Å²) in [5.74, 6) is 0. The van der Waals surface area contributed by atoms with Gasteiger partial charge in [-0.2, -0.15) is 0 Å². The molecule has 0 aromatic rings. The molecule has 0 unspecified atom stereocenters. The van der Waals surface area contributed by atoms with E-state index in [4.69, 9.17) is 9.47 Å². The normalized spacial score (nSPS) is 21.1. The molecule has 0 saturated carbocycles. The monoisotopic (exact) mass is 283 g/mol. The topological polar surface area (TPSA) is 18.5 Å². The molecule has 119 valence electrons. The zero-order valence-electron chi connectivity index (χ0n) is 14.8. The van der Waals surface area contributed by atoms with E-state index in [0.29, 0.717) is 0 Å². The first kappa shape index (κ1) is 18.0. The number of ether oxygens (including phenoxy) is 2. The summed E-state index contributed by atoms with van der Waals surface area (Å²) in [6, 6.07) is 0. The third-order valence-electron chi connectivity index (χ3n) is 5.12. The molecule has 20 heavy (non-hydrogen) atoms. The lowest BCUT2D eigenvalue weighted by molar-refractivity contribution is -0.178. The molecule has 1 heterocycles. The van der Waals surface area contributed by atoms with Gasteiger partial charge in [0.05, 0.1) is 13.2 Å². The minimum Gasteiger partial charge on any atom is -0.345 e. The van der Waals surface area contributed by atoms with Crippen molar-refractivity contribution in [2.75, 3.05) is 13.2 Å². The molecule has 0 aromatic heterocycles. The van der Waals surface area contributed by atoms with Gasteiger partial charge in [-0.1, -0.05) is 61.3 Å². The molecule has 0 N–H and O–H groups in total. The molecule has 0 aromatic carbocycles. The molecule has 0 aliphatic carbocycles. The van der Waals surface area contributed by atoms with E-state index in [0.717, 1.165) is 38.8 Å². The summed E-state index contributed by atoms with van der Waals surface area (Å²) in [6.45, 7) is 17.9. The Hall–Kier alpha value is -0.0800. The van der Waals surface area contributed by atoms with Gasteiger partial charge in [-0.25, -0.2) is 0 Å². The summed E-state index contributed by atoms with van der Waals surface area (Å²) < 4.78 is 11.8. The van der Waals surface area contributed by atoms with Crippen LogP contribution in [0.5, 0.6) is 0 Å². The maximum absolute atomic E-state index is 6.02. The maximum atomic E-state index is 6.02. The van der Waals surface area contributed by atoms with E-state index in [2.05, 4.69) is 48.5 Å². The first-order valence-electron chi connectivity index (χ1n) is 8.25. The van der Waals surface area contributed by atoms with Gasteiger partial charge in [-0.15, -0.1) is 0 Å². The molecule has 1 aliphatic rings. The van der Waals surface area contributed by atoms with Gasteiger partial charge < -0.3 is 9.47 Å². The van der Waals surface area contributed by atoms with Crippen LogP contribution < -0.4 is 0 Å². The second kappa shape index (κ2) is 6.79. The van der Waals surface area contributed by atoms with Crippen molar-refractivity contribution in [3.8, 4) is 0 Å². The van der Waals surface area contributed by atoms with Crippen molar-refractivity contribution in [1.82, 2.24) is 0 Å². The van der Waals surface area contributed by atoms with Crippen molar-refractivity contribution in [3.05, 3.63) is 6.29 Å². The number of rotatable bonds is 5. The Labute approximate surface area is 126 Å². The van der Waals surface area contributed by atoms with Gasteiger partial charge in [0, 0.05) is 11.8 Å². The summed E-state index contributed by atoms with van der Waals surface area (Å²) in [6.07, 6.45) is 6.57. The summed E-state index contributed by atoms with van der Waals surface area (Å²) in [5.41, 5.74) is 0.675. The highest BCUT2D eigenvalue weighted by Crippen LogP contribution is 2.57. The second-order valence-electron chi connectivity index (χ2n) is 8.30.